The molecule has 1 heterocycles. The number of anilines is 1. The number of nitrogens with one attached hydrogen (secondary N) is 1. The molecule has 0 saturated carbocycles. The molecular formula is C10H17BrN4O3S. The van der Waals surface area contributed by atoms with Gasteiger partial charge in [0.2, 0.25) is 10.0 Å². The number of sulfonamides is 1. The Morgan fingerprint density at radius 3 is 2.74 bits per heavy atom. The number of nitrogen functional groups attached to an aromatic ring is 1. The van der Waals surface area contributed by atoms with E-state index in [4.69, 9.17) is 10.9 Å². The van der Waals surface area contributed by atoms with Crippen LogP contribution in [0.1, 0.15) is 13.3 Å². The Morgan fingerprint density at radius 1 is 1.53 bits per heavy atom. The van der Waals surface area contributed by atoms with Crippen LogP contribution in [0.5, 0.6) is 0 Å². The molecule has 0 atom stereocenters. The van der Waals surface area contributed by atoms with E-state index in [1.165, 1.54) is 16.6 Å². The fourth-order valence-corrected chi connectivity index (χ4v) is 3.72. The van der Waals surface area contributed by atoms with Crippen molar-refractivity contribution in [3.8, 4) is 0 Å². The topological polar surface area (TPSA) is 109 Å². The molecule has 0 aromatic carbocycles. The van der Waals surface area contributed by atoms with Crippen molar-refractivity contribution in [3.05, 3.63) is 16.7 Å². The van der Waals surface area contributed by atoms with Gasteiger partial charge in [0.15, 0.2) is 5.82 Å². The Hall–Kier alpha value is -0.740. The molecule has 0 aliphatic heterocycles. The molecule has 0 radical (unpaired) electrons. The predicted octanol–water partition coefficient (Wildman–Crippen LogP) is 0.523. The van der Waals surface area contributed by atoms with Gasteiger partial charge in [0, 0.05) is 23.8 Å². The van der Waals surface area contributed by atoms with Gasteiger partial charge in [0.1, 0.15) is 4.90 Å². The lowest BCUT2D eigenvalue weighted by molar-refractivity contribution is 0.253. The maximum Gasteiger partial charge on any atom is 0.246 e. The van der Waals surface area contributed by atoms with Crippen molar-refractivity contribution in [2.24, 2.45) is 5.84 Å². The maximum absolute atomic E-state index is 12.5. The number of hydrogen-bond donors (Lipinski definition) is 3. The Balaban J connectivity index is 3.27. The largest absolute Gasteiger partial charge is 0.395 e. The average Bonchev–Trinajstić information content (AvgIpc) is 2.38. The maximum atomic E-state index is 12.5. The molecule has 0 bridgehead atoms. The van der Waals surface area contributed by atoms with E-state index >= 15 is 0 Å². The third-order valence-electron chi connectivity index (χ3n) is 2.40. The molecule has 1 rings (SSSR count). The van der Waals surface area contributed by atoms with Crippen LogP contribution in [0.3, 0.4) is 0 Å². The van der Waals surface area contributed by atoms with Crippen LogP contribution in [-0.4, -0.2) is 42.5 Å². The SMILES string of the molecule is CCCN(CCO)S(=O)(=O)c1cc(Br)cnc1NN. The third kappa shape index (κ3) is 3.86. The molecule has 19 heavy (non-hydrogen) atoms. The summed E-state index contributed by atoms with van der Waals surface area (Å²) in [5, 5.41) is 8.98. The van der Waals surface area contributed by atoms with Gasteiger partial charge in [0.05, 0.1) is 6.61 Å². The Labute approximate surface area is 121 Å². The van der Waals surface area contributed by atoms with Gasteiger partial charge < -0.3 is 10.5 Å². The molecule has 0 unspecified atom stereocenters. The molecule has 0 amide bonds. The molecular weight excluding hydrogens is 336 g/mol. The molecule has 0 aliphatic rings. The highest BCUT2D eigenvalue weighted by Crippen LogP contribution is 2.25. The van der Waals surface area contributed by atoms with Crippen LogP contribution in [-0.2, 0) is 10.0 Å². The second-order valence-electron chi connectivity index (χ2n) is 3.77. The summed E-state index contributed by atoms with van der Waals surface area (Å²) in [6, 6.07) is 1.43. The van der Waals surface area contributed by atoms with Crippen molar-refractivity contribution in [1.29, 1.82) is 0 Å². The van der Waals surface area contributed by atoms with Crippen LogP contribution in [0.15, 0.2) is 21.6 Å². The smallest absolute Gasteiger partial charge is 0.246 e. The van der Waals surface area contributed by atoms with Crippen LogP contribution < -0.4 is 11.3 Å². The summed E-state index contributed by atoms with van der Waals surface area (Å²) in [7, 11) is -3.75. The van der Waals surface area contributed by atoms with Crippen LogP contribution >= 0.6 is 15.9 Å². The van der Waals surface area contributed by atoms with Crippen molar-refractivity contribution in [2.45, 2.75) is 18.2 Å². The Kier molecular flexibility index (Phi) is 6.14. The summed E-state index contributed by atoms with van der Waals surface area (Å²) in [6.45, 7) is 1.97. The Morgan fingerprint density at radius 2 is 2.21 bits per heavy atom. The molecule has 0 spiro atoms. The summed E-state index contributed by atoms with van der Waals surface area (Å²) < 4.78 is 26.7. The van der Waals surface area contributed by atoms with Gasteiger partial charge in [0.25, 0.3) is 0 Å². The lowest BCUT2D eigenvalue weighted by atomic mass is 10.5. The summed E-state index contributed by atoms with van der Waals surface area (Å²) in [6.07, 6.45) is 2.09. The third-order valence-corrected chi connectivity index (χ3v) is 4.74. The highest BCUT2D eigenvalue weighted by atomic mass is 79.9. The minimum absolute atomic E-state index is 0.0220. The van der Waals surface area contributed by atoms with Crippen molar-refractivity contribution in [3.63, 3.8) is 0 Å². The number of rotatable bonds is 7. The molecule has 7 nitrogen and oxygen atoms in total. The number of nitrogens with zero attached hydrogens (tertiary/aromatic N) is 2. The van der Waals surface area contributed by atoms with Gasteiger partial charge >= 0.3 is 0 Å². The second kappa shape index (κ2) is 7.15. The average molecular weight is 353 g/mol. The molecule has 0 saturated heterocycles. The first-order valence-electron chi connectivity index (χ1n) is 5.70. The van der Waals surface area contributed by atoms with Crippen LogP contribution in [0.4, 0.5) is 5.82 Å². The second-order valence-corrected chi connectivity index (χ2v) is 6.59. The number of aliphatic hydroxyl groups is 1. The quantitative estimate of drug-likeness (QED) is 0.487. The number of halogens is 1. The van der Waals surface area contributed by atoms with E-state index < -0.39 is 10.0 Å². The van der Waals surface area contributed by atoms with Gasteiger partial charge in [-0.05, 0) is 28.4 Å². The van der Waals surface area contributed by atoms with Gasteiger partial charge in [-0.1, -0.05) is 6.92 Å². The number of hydrogen-bond acceptors (Lipinski definition) is 6. The number of aliphatic hydroxyl groups excluding tert-OH is 1. The standard InChI is InChI=1S/C10H17BrN4O3S/c1-2-3-15(4-5-16)19(17,18)9-6-8(11)7-13-10(9)14-12/h6-7,16H,2-5,12H2,1H3,(H,13,14). The van der Waals surface area contributed by atoms with E-state index in [1.807, 2.05) is 6.92 Å². The fraction of sp³-hybridized carbons (Fsp3) is 0.500. The van der Waals surface area contributed by atoms with Crippen molar-refractivity contribution in [1.82, 2.24) is 9.29 Å². The molecule has 0 fully saturated rings. The van der Waals surface area contributed by atoms with Gasteiger partial charge in [-0.25, -0.2) is 19.2 Å². The zero-order chi connectivity index (χ0) is 14.5. The highest BCUT2D eigenvalue weighted by Gasteiger charge is 2.27. The minimum Gasteiger partial charge on any atom is -0.395 e. The van der Waals surface area contributed by atoms with E-state index in [0.29, 0.717) is 17.4 Å². The number of hydrazine groups is 1. The Bertz CT molecular complexity index is 518. The van der Waals surface area contributed by atoms with E-state index in [9.17, 15) is 8.42 Å². The summed E-state index contributed by atoms with van der Waals surface area (Å²) in [5.74, 6) is 5.36. The minimum atomic E-state index is -3.75. The van der Waals surface area contributed by atoms with E-state index in [2.05, 4.69) is 26.3 Å². The number of nitrogens with two attached hydrogens (primary N) is 1. The van der Waals surface area contributed by atoms with Crippen LogP contribution in [0.25, 0.3) is 0 Å². The summed E-state index contributed by atoms with van der Waals surface area (Å²) in [5.41, 5.74) is 2.27. The number of aromatic nitrogens is 1. The molecule has 1 aromatic rings. The lowest BCUT2D eigenvalue weighted by Crippen LogP contribution is -2.35. The van der Waals surface area contributed by atoms with Gasteiger partial charge in [-0.15, -0.1) is 0 Å². The summed E-state index contributed by atoms with van der Waals surface area (Å²) in [4.78, 5) is 3.89. The van der Waals surface area contributed by atoms with E-state index in [-0.39, 0.29) is 23.9 Å². The molecule has 0 aliphatic carbocycles. The van der Waals surface area contributed by atoms with Crippen LogP contribution in [0, 0.1) is 0 Å². The zero-order valence-electron chi connectivity index (χ0n) is 10.5. The van der Waals surface area contributed by atoms with Gasteiger partial charge in [-0.2, -0.15) is 4.31 Å². The zero-order valence-corrected chi connectivity index (χ0v) is 12.9. The highest BCUT2D eigenvalue weighted by molar-refractivity contribution is 9.10. The summed E-state index contributed by atoms with van der Waals surface area (Å²) >= 11 is 3.18. The predicted molar refractivity (Wildman–Crippen MR) is 75.9 cm³/mol. The molecule has 4 N–H and O–H groups in total. The van der Waals surface area contributed by atoms with Crippen molar-refractivity contribution in [2.75, 3.05) is 25.1 Å². The van der Waals surface area contributed by atoms with Crippen LogP contribution in [0.2, 0.25) is 0 Å². The molecule has 9 heteroatoms. The first kappa shape index (κ1) is 16.3. The molecule has 108 valence electrons. The van der Waals surface area contributed by atoms with E-state index in [1.54, 1.807) is 0 Å². The normalized spacial score (nSPS) is 11.8. The van der Waals surface area contributed by atoms with Crippen molar-refractivity contribution >= 4 is 31.8 Å². The van der Waals surface area contributed by atoms with Crippen molar-refractivity contribution < 1.29 is 13.5 Å². The van der Waals surface area contributed by atoms with E-state index in [0.717, 1.165) is 0 Å². The fourth-order valence-electron chi connectivity index (χ4n) is 1.58. The van der Waals surface area contributed by atoms with Gasteiger partial charge in [-0.3, -0.25) is 0 Å². The number of pyridine rings is 1. The molecule has 1 aromatic heterocycles. The first-order chi connectivity index (χ1) is 8.97. The monoisotopic (exact) mass is 352 g/mol. The lowest BCUT2D eigenvalue weighted by Gasteiger charge is -2.21. The first-order valence-corrected chi connectivity index (χ1v) is 7.93.